The number of fused-ring (bicyclic) bond motifs is 3. The van der Waals surface area contributed by atoms with E-state index < -0.39 is 0 Å². The maximum absolute atomic E-state index is 13.5. The molecule has 3 aromatic rings. The molecule has 2 aliphatic heterocycles. The second-order valence-electron chi connectivity index (χ2n) is 8.45. The van der Waals surface area contributed by atoms with Crippen LogP contribution in [0.5, 0.6) is 0 Å². The highest BCUT2D eigenvalue weighted by atomic mass is 16.1. The number of carbonyl (C=O) groups excluding carboxylic acids is 1. The Balaban J connectivity index is 1.59. The topological polar surface area (TPSA) is 46.1 Å². The van der Waals surface area contributed by atoms with Crippen molar-refractivity contribution in [2.75, 3.05) is 0 Å². The lowest BCUT2D eigenvalue weighted by Gasteiger charge is -2.29. The monoisotopic (exact) mass is 373 g/mol. The Morgan fingerprint density at radius 3 is 2.50 bits per heavy atom. The molecule has 0 saturated carbocycles. The van der Waals surface area contributed by atoms with Gasteiger partial charge in [0.25, 0.3) is 5.91 Å². The summed E-state index contributed by atoms with van der Waals surface area (Å²) in [7, 11) is 2.06. The Hall–Kier alpha value is -2.59. The molecule has 1 amide bonds. The maximum atomic E-state index is 13.5. The number of hydrogen-bond donors (Lipinski definition) is 2. The van der Waals surface area contributed by atoms with Gasteiger partial charge in [-0.15, -0.1) is 0 Å². The van der Waals surface area contributed by atoms with Gasteiger partial charge in [0.15, 0.2) is 0 Å². The van der Waals surface area contributed by atoms with Gasteiger partial charge in [-0.2, -0.15) is 0 Å². The summed E-state index contributed by atoms with van der Waals surface area (Å²) >= 11 is 0. The lowest BCUT2D eigenvalue weighted by atomic mass is 9.98. The summed E-state index contributed by atoms with van der Waals surface area (Å²) < 4.78 is 2.16. The summed E-state index contributed by atoms with van der Waals surface area (Å²) in [6, 6.07) is 18.0. The lowest BCUT2D eigenvalue weighted by molar-refractivity contribution is 0.0926. The van der Waals surface area contributed by atoms with E-state index in [0.717, 1.165) is 40.6 Å². The number of nitrogens with zero attached hydrogens (tertiary/aromatic N) is 1. The number of carbonyl (C=O) groups is 1. The van der Waals surface area contributed by atoms with Gasteiger partial charge in [-0.1, -0.05) is 42.0 Å². The number of piperidine rings is 1. The quantitative estimate of drug-likeness (QED) is 0.724. The summed E-state index contributed by atoms with van der Waals surface area (Å²) in [6.07, 6.45) is 4.54. The molecule has 4 heteroatoms. The Bertz CT molecular complexity index is 1020. The first-order valence-electron chi connectivity index (χ1n) is 10.3. The second kappa shape index (κ2) is 6.78. The average Bonchev–Trinajstić information content (AvgIpc) is 3.18. The second-order valence-corrected chi connectivity index (χ2v) is 8.45. The zero-order chi connectivity index (χ0) is 19.3. The third-order valence-corrected chi connectivity index (χ3v) is 6.44. The molecule has 0 radical (unpaired) electrons. The molecule has 2 saturated heterocycles. The minimum atomic E-state index is 0.0568. The fourth-order valence-corrected chi connectivity index (χ4v) is 5.15. The molecule has 2 aliphatic rings. The predicted octanol–water partition coefficient (Wildman–Crippen LogP) is 4.17. The summed E-state index contributed by atoms with van der Waals surface area (Å²) in [5.74, 6) is 0.0568. The van der Waals surface area contributed by atoms with Crippen molar-refractivity contribution in [3.8, 4) is 11.3 Å². The van der Waals surface area contributed by atoms with E-state index in [-0.39, 0.29) is 11.9 Å². The van der Waals surface area contributed by atoms with Crippen molar-refractivity contribution in [3.63, 3.8) is 0 Å². The van der Waals surface area contributed by atoms with Crippen molar-refractivity contribution in [3.05, 3.63) is 59.7 Å². The van der Waals surface area contributed by atoms with Gasteiger partial charge in [0, 0.05) is 36.1 Å². The van der Waals surface area contributed by atoms with Crippen LogP contribution >= 0.6 is 0 Å². The van der Waals surface area contributed by atoms with Crippen LogP contribution in [-0.2, 0) is 7.05 Å². The summed E-state index contributed by atoms with van der Waals surface area (Å²) in [4.78, 5) is 13.5. The highest BCUT2D eigenvalue weighted by Gasteiger charge is 2.35. The van der Waals surface area contributed by atoms with E-state index >= 15 is 0 Å². The molecule has 2 fully saturated rings. The summed E-state index contributed by atoms with van der Waals surface area (Å²) in [5, 5.41) is 8.07. The van der Waals surface area contributed by atoms with E-state index in [9.17, 15) is 4.79 Å². The van der Waals surface area contributed by atoms with Gasteiger partial charge in [0.1, 0.15) is 0 Å². The van der Waals surface area contributed by atoms with Crippen molar-refractivity contribution in [1.82, 2.24) is 15.2 Å². The van der Waals surface area contributed by atoms with Gasteiger partial charge in [0.2, 0.25) is 0 Å². The van der Waals surface area contributed by atoms with E-state index in [0.29, 0.717) is 12.1 Å². The third kappa shape index (κ3) is 2.92. The molecular formula is C24H27N3O. The molecule has 1 unspecified atom stereocenters. The highest BCUT2D eigenvalue weighted by molar-refractivity contribution is 6.13. The zero-order valence-corrected chi connectivity index (χ0v) is 16.5. The molecule has 2 aromatic carbocycles. The fourth-order valence-electron chi connectivity index (χ4n) is 5.15. The van der Waals surface area contributed by atoms with Crippen molar-refractivity contribution in [2.24, 2.45) is 7.05 Å². The van der Waals surface area contributed by atoms with Gasteiger partial charge < -0.3 is 15.2 Å². The van der Waals surface area contributed by atoms with Gasteiger partial charge in [-0.05, 0) is 50.3 Å². The fraction of sp³-hybridized carbons (Fsp3) is 0.375. The van der Waals surface area contributed by atoms with Crippen LogP contribution in [-0.4, -0.2) is 28.6 Å². The molecule has 2 N–H and O–H groups in total. The van der Waals surface area contributed by atoms with Crippen molar-refractivity contribution >= 4 is 16.8 Å². The molecule has 3 atom stereocenters. The average molecular weight is 374 g/mol. The summed E-state index contributed by atoms with van der Waals surface area (Å²) in [5.41, 5.74) is 5.15. The Kier molecular flexibility index (Phi) is 4.24. The molecule has 2 bridgehead atoms. The van der Waals surface area contributed by atoms with Crippen LogP contribution in [0.3, 0.4) is 0 Å². The minimum absolute atomic E-state index is 0.0568. The molecular weight excluding hydrogens is 346 g/mol. The molecule has 5 rings (SSSR count). The Morgan fingerprint density at radius 1 is 1.07 bits per heavy atom. The van der Waals surface area contributed by atoms with Crippen LogP contribution in [0.2, 0.25) is 0 Å². The molecule has 3 heterocycles. The maximum Gasteiger partial charge on any atom is 0.254 e. The molecule has 0 spiro atoms. The number of rotatable bonds is 3. The van der Waals surface area contributed by atoms with E-state index in [2.05, 4.69) is 59.5 Å². The van der Waals surface area contributed by atoms with E-state index in [1.165, 1.54) is 18.4 Å². The van der Waals surface area contributed by atoms with E-state index in [1.807, 2.05) is 18.2 Å². The lowest BCUT2D eigenvalue weighted by Crippen LogP contribution is -2.48. The predicted molar refractivity (Wildman–Crippen MR) is 114 cm³/mol. The standard InChI is InChI=1S/C24H27N3O/c1-15-8-11-21-20(12-15)22(23(27(21)2)16-6-4-3-5-7-16)24(28)26-19-13-17-9-10-18(14-19)25-17/h3-8,11-12,17-19,25H,9-10,13-14H2,1-2H3,(H,26,28)/t17-,18+,19?. The smallest absolute Gasteiger partial charge is 0.254 e. The number of amides is 1. The van der Waals surface area contributed by atoms with Crippen LogP contribution in [0, 0.1) is 6.92 Å². The molecule has 4 nitrogen and oxygen atoms in total. The van der Waals surface area contributed by atoms with Crippen molar-refractivity contribution in [1.29, 1.82) is 0 Å². The minimum Gasteiger partial charge on any atom is -0.349 e. The number of aryl methyl sites for hydroxylation is 2. The summed E-state index contributed by atoms with van der Waals surface area (Å²) in [6.45, 7) is 2.08. The van der Waals surface area contributed by atoms with Crippen LogP contribution in [0.1, 0.15) is 41.6 Å². The number of aromatic nitrogens is 1. The third-order valence-electron chi connectivity index (χ3n) is 6.44. The SMILES string of the molecule is Cc1ccc2c(c1)c(C(=O)NC1C[C@H]3CC[C@@H](C1)N3)c(-c1ccccc1)n2C. The first-order chi connectivity index (χ1) is 13.6. The Labute approximate surface area is 165 Å². The Morgan fingerprint density at radius 2 is 1.79 bits per heavy atom. The molecule has 28 heavy (non-hydrogen) atoms. The first-order valence-corrected chi connectivity index (χ1v) is 10.3. The largest absolute Gasteiger partial charge is 0.349 e. The van der Waals surface area contributed by atoms with E-state index in [4.69, 9.17) is 0 Å². The molecule has 1 aromatic heterocycles. The number of hydrogen-bond acceptors (Lipinski definition) is 2. The highest BCUT2D eigenvalue weighted by Crippen LogP contribution is 2.34. The van der Waals surface area contributed by atoms with Crippen molar-refractivity contribution in [2.45, 2.75) is 50.7 Å². The van der Waals surface area contributed by atoms with Gasteiger partial charge >= 0.3 is 0 Å². The number of nitrogens with one attached hydrogen (secondary N) is 2. The van der Waals surface area contributed by atoms with Gasteiger partial charge in [-0.25, -0.2) is 0 Å². The normalized spacial score (nSPS) is 23.9. The van der Waals surface area contributed by atoms with Crippen LogP contribution in [0.4, 0.5) is 0 Å². The van der Waals surface area contributed by atoms with E-state index in [1.54, 1.807) is 0 Å². The number of benzene rings is 2. The van der Waals surface area contributed by atoms with Gasteiger partial charge in [-0.3, -0.25) is 4.79 Å². The van der Waals surface area contributed by atoms with Crippen LogP contribution < -0.4 is 10.6 Å². The zero-order valence-electron chi connectivity index (χ0n) is 16.5. The van der Waals surface area contributed by atoms with Crippen molar-refractivity contribution < 1.29 is 4.79 Å². The van der Waals surface area contributed by atoms with Gasteiger partial charge in [0.05, 0.1) is 11.3 Å². The van der Waals surface area contributed by atoms with Crippen LogP contribution in [0.15, 0.2) is 48.5 Å². The molecule has 144 valence electrons. The van der Waals surface area contributed by atoms with Crippen LogP contribution in [0.25, 0.3) is 22.2 Å². The molecule has 0 aliphatic carbocycles. The first kappa shape index (κ1) is 17.5.